The second-order valence-corrected chi connectivity index (χ2v) is 6.84. The van der Waals surface area contributed by atoms with Crippen LogP contribution in [0.15, 0.2) is 48.5 Å². The Bertz CT molecular complexity index is 740. The minimum Gasteiger partial charge on any atom is -0.497 e. The molecule has 3 rings (SSSR count). The van der Waals surface area contributed by atoms with Crippen LogP contribution in [-0.4, -0.2) is 57.4 Å². The molecule has 0 unspecified atom stereocenters. The topological polar surface area (TPSA) is 60.0 Å². The number of carbonyl (C=O) groups is 1. The van der Waals surface area contributed by atoms with Crippen molar-refractivity contribution in [3.8, 4) is 11.5 Å². The van der Waals surface area contributed by atoms with Crippen LogP contribution in [0.2, 0.25) is 0 Å². The molecule has 6 nitrogen and oxygen atoms in total. The summed E-state index contributed by atoms with van der Waals surface area (Å²) in [6, 6.07) is 15.8. The van der Waals surface area contributed by atoms with Crippen LogP contribution in [-0.2, 0) is 9.53 Å². The van der Waals surface area contributed by atoms with Crippen molar-refractivity contribution in [2.45, 2.75) is 13.0 Å². The van der Waals surface area contributed by atoms with E-state index in [9.17, 15) is 4.79 Å². The summed E-state index contributed by atoms with van der Waals surface area (Å²) in [6.07, 6.45) is 0. The Labute approximate surface area is 166 Å². The van der Waals surface area contributed by atoms with Crippen molar-refractivity contribution in [3.63, 3.8) is 0 Å². The first kappa shape index (κ1) is 20.2. The molecule has 6 heteroatoms. The van der Waals surface area contributed by atoms with E-state index in [0.717, 1.165) is 30.0 Å². The van der Waals surface area contributed by atoms with E-state index in [1.165, 1.54) is 0 Å². The molecule has 28 heavy (non-hydrogen) atoms. The minimum atomic E-state index is -0.132. The van der Waals surface area contributed by atoms with Gasteiger partial charge in [-0.2, -0.15) is 0 Å². The summed E-state index contributed by atoms with van der Waals surface area (Å²) < 4.78 is 16.3. The Kier molecular flexibility index (Phi) is 7.28. The second kappa shape index (κ2) is 10.1. The van der Waals surface area contributed by atoms with Crippen molar-refractivity contribution in [1.82, 2.24) is 10.2 Å². The molecule has 1 saturated heterocycles. The van der Waals surface area contributed by atoms with Gasteiger partial charge in [-0.3, -0.25) is 9.69 Å². The maximum atomic E-state index is 12.3. The molecule has 0 aromatic heterocycles. The highest BCUT2D eigenvalue weighted by Crippen LogP contribution is 2.23. The van der Waals surface area contributed by atoms with Gasteiger partial charge < -0.3 is 19.5 Å². The van der Waals surface area contributed by atoms with Crippen molar-refractivity contribution in [3.05, 3.63) is 59.7 Å². The monoisotopic (exact) mass is 384 g/mol. The van der Waals surface area contributed by atoms with Crippen LogP contribution in [0.25, 0.3) is 0 Å². The lowest BCUT2D eigenvalue weighted by Gasteiger charge is -2.35. The Hall–Kier alpha value is -2.57. The fourth-order valence-corrected chi connectivity index (χ4v) is 3.22. The van der Waals surface area contributed by atoms with E-state index < -0.39 is 0 Å². The van der Waals surface area contributed by atoms with Crippen LogP contribution in [0.4, 0.5) is 0 Å². The highest BCUT2D eigenvalue weighted by molar-refractivity contribution is 5.77. The van der Waals surface area contributed by atoms with Crippen molar-refractivity contribution < 1.29 is 19.0 Å². The summed E-state index contributed by atoms with van der Waals surface area (Å²) in [5, 5.41) is 3.01. The van der Waals surface area contributed by atoms with E-state index in [0.29, 0.717) is 25.5 Å². The van der Waals surface area contributed by atoms with Gasteiger partial charge in [0.15, 0.2) is 6.61 Å². The molecule has 0 radical (unpaired) electrons. The van der Waals surface area contributed by atoms with E-state index in [4.69, 9.17) is 14.2 Å². The SMILES string of the molecule is COc1ccc([C@@H](CNC(=O)COc2ccc(C)cc2)N2CCOCC2)cc1. The molecule has 0 aliphatic carbocycles. The minimum absolute atomic E-state index is 0.00149. The summed E-state index contributed by atoms with van der Waals surface area (Å²) in [4.78, 5) is 14.6. The third-order valence-electron chi connectivity index (χ3n) is 4.87. The van der Waals surface area contributed by atoms with E-state index in [2.05, 4.69) is 10.2 Å². The molecule has 1 aliphatic heterocycles. The first-order valence-corrected chi connectivity index (χ1v) is 9.57. The average molecular weight is 384 g/mol. The fourth-order valence-electron chi connectivity index (χ4n) is 3.22. The number of morpholine rings is 1. The smallest absolute Gasteiger partial charge is 0.258 e. The molecule has 150 valence electrons. The summed E-state index contributed by atoms with van der Waals surface area (Å²) >= 11 is 0. The molecule has 1 N–H and O–H groups in total. The number of amides is 1. The number of rotatable bonds is 8. The number of hydrogen-bond donors (Lipinski definition) is 1. The van der Waals surface area contributed by atoms with Crippen molar-refractivity contribution in [1.29, 1.82) is 0 Å². The number of nitrogens with zero attached hydrogens (tertiary/aromatic N) is 1. The lowest BCUT2D eigenvalue weighted by atomic mass is 10.0. The van der Waals surface area contributed by atoms with Crippen LogP contribution in [0, 0.1) is 6.92 Å². The molecule has 2 aromatic rings. The van der Waals surface area contributed by atoms with Crippen molar-refractivity contribution >= 4 is 5.91 Å². The van der Waals surface area contributed by atoms with Crippen LogP contribution < -0.4 is 14.8 Å². The summed E-state index contributed by atoms with van der Waals surface area (Å²) in [5.74, 6) is 1.38. The van der Waals surface area contributed by atoms with Crippen LogP contribution >= 0.6 is 0 Å². The Morgan fingerprint density at radius 1 is 1.07 bits per heavy atom. The van der Waals surface area contributed by atoms with E-state index in [-0.39, 0.29) is 18.6 Å². The molecule has 1 fully saturated rings. The van der Waals surface area contributed by atoms with Gasteiger partial charge in [0, 0.05) is 19.6 Å². The maximum absolute atomic E-state index is 12.3. The van der Waals surface area contributed by atoms with E-state index in [1.54, 1.807) is 7.11 Å². The summed E-state index contributed by atoms with van der Waals surface area (Å²) in [6.45, 7) is 5.62. The highest BCUT2D eigenvalue weighted by atomic mass is 16.5. The normalized spacial score (nSPS) is 15.6. The third kappa shape index (κ3) is 5.71. The lowest BCUT2D eigenvalue weighted by Crippen LogP contribution is -2.44. The zero-order valence-electron chi connectivity index (χ0n) is 16.5. The predicted octanol–water partition coefficient (Wildman–Crippen LogP) is 2.57. The molecular weight excluding hydrogens is 356 g/mol. The number of ether oxygens (including phenoxy) is 3. The van der Waals surface area contributed by atoms with Gasteiger partial charge in [0.1, 0.15) is 11.5 Å². The summed E-state index contributed by atoms with van der Waals surface area (Å²) in [7, 11) is 1.66. The molecule has 1 aliphatic rings. The molecule has 2 aromatic carbocycles. The molecule has 1 heterocycles. The van der Waals surface area contributed by atoms with E-state index >= 15 is 0 Å². The number of methoxy groups -OCH3 is 1. The number of aryl methyl sites for hydroxylation is 1. The Morgan fingerprint density at radius 2 is 1.71 bits per heavy atom. The van der Waals surface area contributed by atoms with Gasteiger partial charge in [0.05, 0.1) is 26.4 Å². The van der Waals surface area contributed by atoms with Crippen molar-refractivity contribution in [2.75, 3.05) is 46.6 Å². The molecular formula is C22H28N2O4. The zero-order valence-corrected chi connectivity index (χ0v) is 16.5. The van der Waals surface area contributed by atoms with Gasteiger partial charge in [-0.25, -0.2) is 0 Å². The quantitative estimate of drug-likeness (QED) is 0.758. The Balaban J connectivity index is 1.58. The molecule has 0 bridgehead atoms. The van der Waals surface area contributed by atoms with Gasteiger partial charge in [-0.05, 0) is 36.8 Å². The number of benzene rings is 2. The van der Waals surface area contributed by atoms with Crippen LogP contribution in [0.3, 0.4) is 0 Å². The largest absolute Gasteiger partial charge is 0.497 e. The van der Waals surface area contributed by atoms with Gasteiger partial charge >= 0.3 is 0 Å². The first-order valence-electron chi connectivity index (χ1n) is 9.57. The number of hydrogen-bond acceptors (Lipinski definition) is 5. The highest BCUT2D eigenvalue weighted by Gasteiger charge is 2.23. The van der Waals surface area contributed by atoms with Gasteiger partial charge in [-0.1, -0.05) is 29.8 Å². The Morgan fingerprint density at radius 3 is 2.36 bits per heavy atom. The van der Waals surface area contributed by atoms with Gasteiger partial charge in [0.2, 0.25) is 0 Å². The second-order valence-electron chi connectivity index (χ2n) is 6.84. The fraction of sp³-hybridized carbons (Fsp3) is 0.409. The van der Waals surface area contributed by atoms with E-state index in [1.807, 2.05) is 55.5 Å². The molecule has 1 atom stereocenters. The first-order chi connectivity index (χ1) is 13.7. The molecule has 0 saturated carbocycles. The maximum Gasteiger partial charge on any atom is 0.258 e. The number of nitrogens with one attached hydrogen (secondary N) is 1. The predicted molar refractivity (Wildman–Crippen MR) is 108 cm³/mol. The van der Waals surface area contributed by atoms with Crippen molar-refractivity contribution in [2.24, 2.45) is 0 Å². The van der Waals surface area contributed by atoms with Gasteiger partial charge in [0.25, 0.3) is 5.91 Å². The number of carbonyl (C=O) groups excluding carboxylic acids is 1. The molecule has 1 amide bonds. The van der Waals surface area contributed by atoms with Gasteiger partial charge in [-0.15, -0.1) is 0 Å². The standard InChI is InChI=1S/C22H28N2O4/c1-17-3-7-20(8-4-17)28-16-22(25)23-15-21(24-11-13-27-14-12-24)18-5-9-19(26-2)10-6-18/h3-10,21H,11-16H2,1-2H3,(H,23,25)/t21-/m1/s1. The van der Waals surface area contributed by atoms with Crippen LogP contribution in [0.1, 0.15) is 17.2 Å². The third-order valence-corrected chi connectivity index (χ3v) is 4.87. The lowest BCUT2D eigenvalue weighted by molar-refractivity contribution is -0.123. The molecule has 0 spiro atoms. The van der Waals surface area contributed by atoms with Crippen LogP contribution in [0.5, 0.6) is 11.5 Å². The summed E-state index contributed by atoms with van der Waals surface area (Å²) in [5.41, 5.74) is 2.30. The zero-order chi connectivity index (χ0) is 19.8. The average Bonchev–Trinajstić information content (AvgIpc) is 2.74.